The maximum absolute atomic E-state index is 13.1. The highest BCUT2D eigenvalue weighted by Gasteiger charge is 2.75. The van der Waals surface area contributed by atoms with Gasteiger partial charge in [0, 0.05) is 0 Å². The maximum atomic E-state index is 13.1. The van der Waals surface area contributed by atoms with Gasteiger partial charge in [0.1, 0.15) is 0 Å². The van der Waals surface area contributed by atoms with Crippen molar-refractivity contribution in [2.45, 2.75) is 36.7 Å². The van der Waals surface area contributed by atoms with Gasteiger partial charge in [-0.05, 0) is 0 Å². The van der Waals surface area contributed by atoms with Gasteiger partial charge in [0.2, 0.25) is 0 Å². The number of hydrogen-bond donors (Lipinski definition) is 0. The SMILES string of the molecule is COC(=O)C(F)(F)OC(F)(F)C(F)(F)OC(F)(F)C(F)(F)OC(F)(F)C(=O)OC. The number of alkyl halides is 12. The molecule has 0 aliphatic heterocycles. The Morgan fingerprint density at radius 3 is 0.897 bits per heavy atom. The molecule has 7 nitrogen and oxygen atoms in total. The molecular weight excluding hydrogens is 460 g/mol. The molecule has 0 aromatic rings. The van der Waals surface area contributed by atoms with Gasteiger partial charge in [-0.1, -0.05) is 0 Å². The quantitative estimate of drug-likeness (QED) is 0.362. The predicted molar refractivity (Wildman–Crippen MR) is 57.0 cm³/mol. The van der Waals surface area contributed by atoms with Crippen LogP contribution in [0.25, 0.3) is 0 Å². The van der Waals surface area contributed by atoms with Gasteiger partial charge in [-0.15, -0.1) is 0 Å². The molecule has 0 bridgehead atoms. The minimum absolute atomic E-state index is 0.125. The first-order valence-electron chi connectivity index (χ1n) is 6.13. The zero-order valence-electron chi connectivity index (χ0n) is 13.4. The smallest absolute Gasteiger partial charge is 0.460 e. The fraction of sp³-hybridized carbons (Fsp3) is 0.800. The number of carbonyl (C=O) groups is 2. The average molecular weight is 466 g/mol. The van der Waals surface area contributed by atoms with Gasteiger partial charge < -0.3 is 9.47 Å². The second-order valence-electron chi connectivity index (χ2n) is 4.39. The summed E-state index contributed by atoms with van der Waals surface area (Å²) in [5.74, 6) is -6.10. The van der Waals surface area contributed by atoms with Crippen LogP contribution in [0, 0.1) is 0 Å². The summed E-state index contributed by atoms with van der Waals surface area (Å²) in [6.07, 6.45) is -40.0. The van der Waals surface area contributed by atoms with Crippen LogP contribution in [-0.2, 0) is 33.3 Å². The van der Waals surface area contributed by atoms with Crippen LogP contribution in [0.4, 0.5) is 52.7 Å². The Kier molecular flexibility index (Phi) is 7.45. The van der Waals surface area contributed by atoms with E-state index in [4.69, 9.17) is 0 Å². The lowest BCUT2D eigenvalue weighted by atomic mass is 10.5. The first-order chi connectivity index (χ1) is 12.6. The molecule has 0 radical (unpaired) electrons. The van der Waals surface area contributed by atoms with Crippen LogP contribution < -0.4 is 0 Å². The van der Waals surface area contributed by atoms with Crippen molar-refractivity contribution in [3.8, 4) is 0 Å². The van der Waals surface area contributed by atoms with Crippen LogP contribution in [0.15, 0.2) is 0 Å². The highest BCUT2D eigenvalue weighted by molar-refractivity contribution is 5.76. The second kappa shape index (κ2) is 8.01. The fourth-order valence-electron chi connectivity index (χ4n) is 1.04. The van der Waals surface area contributed by atoms with Crippen molar-refractivity contribution in [1.82, 2.24) is 0 Å². The monoisotopic (exact) mass is 466 g/mol. The molecule has 0 aliphatic carbocycles. The Balaban J connectivity index is 5.71. The van der Waals surface area contributed by atoms with Crippen molar-refractivity contribution < 1.29 is 86.0 Å². The summed E-state index contributed by atoms with van der Waals surface area (Å²) in [5, 5.41) is 0. The van der Waals surface area contributed by atoms with E-state index in [1.54, 1.807) is 4.74 Å². The highest BCUT2D eigenvalue weighted by atomic mass is 19.4. The molecule has 0 aromatic heterocycles. The number of rotatable bonds is 10. The molecule has 0 fully saturated rings. The summed E-state index contributed by atoms with van der Waals surface area (Å²) in [6, 6.07) is 0. The van der Waals surface area contributed by atoms with Gasteiger partial charge in [-0.3, -0.25) is 0 Å². The molecule has 0 saturated carbocycles. The van der Waals surface area contributed by atoms with Crippen molar-refractivity contribution in [3.63, 3.8) is 0 Å². The lowest BCUT2D eigenvalue weighted by Gasteiger charge is -2.33. The third-order valence-electron chi connectivity index (χ3n) is 2.29. The first kappa shape index (κ1) is 27.0. The van der Waals surface area contributed by atoms with Gasteiger partial charge in [0.15, 0.2) is 0 Å². The van der Waals surface area contributed by atoms with Gasteiger partial charge in [0.05, 0.1) is 14.2 Å². The van der Waals surface area contributed by atoms with Gasteiger partial charge in [0.25, 0.3) is 0 Å². The maximum Gasteiger partial charge on any atom is 0.460 e. The first-order valence-corrected chi connectivity index (χ1v) is 6.13. The zero-order valence-corrected chi connectivity index (χ0v) is 13.4. The van der Waals surface area contributed by atoms with E-state index in [-0.39, 0.29) is 14.2 Å². The summed E-state index contributed by atoms with van der Waals surface area (Å²) < 4.78 is 167. The number of esters is 2. The van der Waals surface area contributed by atoms with E-state index >= 15 is 0 Å². The Labute approximate surface area is 150 Å². The summed E-state index contributed by atoms with van der Waals surface area (Å²) >= 11 is 0. The van der Waals surface area contributed by atoms with Gasteiger partial charge in [-0.25, -0.2) is 23.8 Å². The molecule has 0 saturated heterocycles. The number of methoxy groups -OCH3 is 2. The normalized spacial score (nSPS) is 14.6. The van der Waals surface area contributed by atoms with Gasteiger partial charge >= 0.3 is 48.6 Å². The molecule has 0 aliphatic rings. The molecule has 0 amide bonds. The van der Waals surface area contributed by atoms with Crippen LogP contribution >= 0.6 is 0 Å². The van der Waals surface area contributed by atoms with Crippen molar-refractivity contribution in [2.75, 3.05) is 14.2 Å². The van der Waals surface area contributed by atoms with E-state index in [0.29, 0.717) is 0 Å². The van der Waals surface area contributed by atoms with Crippen molar-refractivity contribution in [1.29, 1.82) is 0 Å². The van der Waals surface area contributed by atoms with Gasteiger partial charge in [-0.2, -0.15) is 52.7 Å². The third-order valence-corrected chi connectivity index (χ3v) is 2.29. The van der Waals surface area contributed by atoms with E-state index in [1.807, 2.05) is 9.47 Å². The average Bonchev–Trinajstić information content (AvgIpc) is 2.49. The number of ether oxygens (including phenoxy) is 5. The van der Waals surface area contributed by atoms with E-state index < -0.39 is 48.6 Å². The van der Waals surface area contributed by atoms with Crippen LogP contribution in [0.1, 0.15) is 0 Å². The fourth-order valence-corrected chi connectivity index (χ4v) is 1.04. The molecule has 0 unspecified atom stereocenters. The Morgan fingerprint density at radius 1 is 0.483 bits per heavy atom. The summed E-state index contributed by atoms with van der Waals surface area (Å²) in [7, 11) is 0.250. The van der Waals surface area contributed by atoms with Crippen LogP contribution in [-0.4, -0.2) is 62.8 Å². The van der Waals surface area contributed by atoms with E-state index in [0.717, 1.165) is 0 Å². The van der Waals surface area contributed by atoms with Crippen molar-refractivity contribution in [2.24, 2.45) is 0 Å². The number of carbonyl (C=O) groups excluding carboxylic acids is 2. The zero-order chi connectivity index (χ0) is 23.7. The number of halogens is 12. The minimum Gasteiger partial charge on any atom is -0.463 e. The van der Waals surface area contributed by atoms with E-state index in [2.05, 4.69) is 9.47 Å². The second-order valence-corrected chi connectivity index (χ2v) is 4.39. The van der Waals surface area contributed by atoms with Crippen molar-refractivity contribution in [3.05, 3.63) is 0 Å². The Hall–Kier alpha value is -2.02. The van der Waals surface area contributed by atoms with Crippen molar-refractivity contribution >= 4 is 11.9 Å². The minimum atomic E-state index is -7.12. The number of hydrogen-bond acceptors (Lipinski definition) is 7. The van der Waals surface area contributed by atoms with Crippen LogP contribution in [0.5, 0.6) is 0 Å². The predicted octanol–water partition coefficient (Wildman–Crippen LogP) is 2.94. The molecule has 29 heavy (non-hydrogen) atoms. The van der Waals surface area contributed by atoms with Crippen LogP contribution in [0.3, 0.4) is 0 Å². The molecule has 19 heteroatoms. The molecular formula is C10H6F12O7. The molecule has 0 rings (SSSR count). The summed E-state index contributed by atoms with van der Waals surface area (Å²) in [6.45, 7) is 0. The topological polar surface area (TPSA) is 80.3 Å². The molecule has 172 valence electrons. The van der Waals surface area contributed by atoms with E-state index in [1.165, 1.54) is 0 Å². The largest absolute Gasteiger partial charge is 0.463 e. The molecule has 0 heterocycles. The standard InChI is InChI=1S/C10H6F12O7/c1-25-3(23)5(11,12)27-7(15,16)9(19,20)29-10(21,22)8(17,18)28-6(13,14)4(24)26-2/h1-2H3. The summed E-state index contributed by atoms with van der Waals surface area (Å²) in [5.41, 5.74) is 0. The summed E-state index contributed by atoms with van der Waals surface area (Å²) in [4.78, 5) is 20.8. The highest BCUT2D eigenvalue weighted by Crippen LogP contribution is 2.48. The lowest BCUT2D eigenvalue weighted by molar-refractivity contribution is -0.552. The Bertz CT molecular complexity index is 568. The van der Waals surface area contributed by atoms with Crippen LogP contribution in [0.2, 0.25) is 0 Å². The molecule has 0 atom stereocenters. The molecule has 0 spiro atoms. The third kappa shape index (κ3) is 5.98. The van der Waals surface area contributed by atoms with E-state index in [9.17, 15) is 62.3 Å². The molecule has 0 N–H and O–H groups in total. The Morgan fingerprint density at radius 2 is 0.690 bits per heavy atom. The molecule has 0 aromatic carbocycles. The lowest BCUT2D eigenvalue weighted by Crippen LogP contribution is -2.58.